The van der Waals surface area contributed by atoms with Crippen LogP contribution in [0.3, 0.4) is 0 Å². The van der Waals surface area contributed by atoms with Gasteiger partial charge >= 0.3 is 0 Å². The highest BCUT2D eigenvalue weighted by molar-refractivity contribution is 5.79. The van der Waals surface area contributed by atoms with Crippen molar-refractivity contribution in [3.05, 3.63) is 59.4 Å². The summed E-state index contributed by atoms with van der Waals surface area (Å²) in [6.07, 6.45) is 4.58. The molecule has 0 aliphatic heterocycles. The van der Waals surface area contributed by atoms with Gasteiger partial charge in [-0.25, -0.2) is 0 Å². The number of ether oxygens (including phenoxy) is 1. The van der Waals surface area contributed by atoms with Crippen molar-refractivity contribution in [3.8, 4) is 5.75 Å². The Morgan fingerprint density at radius 2 is 2.12 bits per heavy atom. The third-order valence-corrected chi connectivity index (χ3v) is 3.62. The first-order valence-corrected chi connectivity index (χ1v) is 8.28. The molecule has 0 atom stereocenters. The summed E-state index contributed by atoms with van der Waals surface area (Å²) < 4.78 is 5.72. The number of guanidine groups is 1. The van der Waals surface area contributed by atoms with Gasteiger partial charge in [-0.3, -0.25) is 9.98 Å². The van der Waals surface area contributed by atoms with Crippen LogP contribution < -0.4 is 15.4 Å². The number of aromatic nitrogens is 1. The van der Waals surface area contributed by atoms with Crippen LogP contribution in [0.1, 0.15) is 23.6 Å². The van der Waals surface area contributed by atoms with E-state index in [0.29, 0.717) is 13.2 Å². The number of nitrogens with zero attached hydrogens (tertiary/aromatic N) is 2. The third-order valence-electron chi connectivity index (χ3n) is 3.62. The number of aliphatic imine (C=N–C) groups is 1. The van der Waals surface area contributed by atoms with Crippen molar-refractivity contribution in [1.82, 2.24) is 15.6 Å². The largest absolute Gasteiger partial charge is 0.494 e. The minimum Gasteiger partial charge on any atom is -0.494 e. The molecule has 0 radical (unpaired) electrons. The van der Waals surface area contributed by atoms with E-state index in [2.05, 4.69) is 51.8 Å². The Kier molecular flexibility index (Phi) is 7.08. The van der Waals surface area contributed by atoms with E-state index < -0.39 is 0 Å². The van der Waals surface area contributed by atoms with E-state index >= 15 is 0 Å². The lowest BCUT2D eigenvalue weighted by atomic mass is 10.1. The molecule has 2 aromatic rings. The van der Waals surface area contributed by atoms with Crippen molar-refractivity contribution >= 4 is 5.96 Å². The molecule has 5 nitrogen and oxygen atoms in total. The minimum atomic E-state index is 0.661. The molecule has 0 saturated carbocycles. The van der Waals surface area contributed by atoms with E-state index in [1.54, 1.807) is 13.2 Å². The van der Waals surface area contributed by atoms with Crippen molar-refractivity contribution in [1.29, 1.82) is 0 Å². The molecule has 1 aromatic carbocycles. The fourth-order valence-corrected chi connectivity index (χ4v) is 2.37. The fourth-order valence-electron chi connectivity index (χ4n) is 2.37. The maximum absolute atomic E-state index is 5.72. The average Bonchev–Trinajstić information content (AvgIpc) is 2.60. The van der Waals surface area contributed by atoms with Crippen LogP contribution in [0, 0.1) is 6.92 Å². The van der Waals surface area contributed by atoms with Crippen molar-refractivity contribution in [2.24, 2.45) is 4.99 Å². The Hall–Kier alpha value is -2.56. The maximum atomic E-state index is 5.72. The number of benzene rings is 1. The van der Waals surface area contributed by atoms with Gasteiger partial charge in [0.15, 0.2) is 5.96 Å². The molecule has 0 aliphatic carbocycles. The van der Waals surface area contributed by atoms with Gasteiger partial charge in [-0.15, -0.1) is 0 Å². The van der Waals surface area contributed by atoms with Gasteiger partial charge in [0.2, 0.25) is 0 Å². The molecular weight excluding hydrogens is 300 g/mol. The zero-order chi connectivity index (χ0) is 17.2. The van der Waals surface area contributed by atoms with Crippen molar-refractivity contribution < 1.29 is 4.74 Å². The van der Waals surface area contributed by atoms with E-state index in [4.69, 9.17) is 4.74 Å². The molecule has 0 spiro atoms. The number of pyridine rings is 1. The van der Waals surface area contributed by atoms with Crippen LogP contribution in [0.4, 0.5) is 0 Å². The molecule has 0 bridgehead atoms. The summed E-state index contributed by atoms with van der Waals surface area (Å²) >= 11 is 0. The first kappa shape index (κ1) is 17.8. The smallest absolute Gasteiger partial charge is 0.191 e. The quantitative estimate of drug-likeness (QED) is 0.607. The molecule has 24 heavy (non-hydrogen) atoms. The van der Waals surface area contributed by atoms with Crippen LogP contribution in [0.2, 0.25) is 0 Å². The molecule has 0 fully saturated rings. The molecule has 128 valence electrons. The lowest BCUT2D eigenvalue weighted by molar-refractivity contribution is 0.336. The van der Waals surface area contributed by atoms with Crippen molar-refractivity contribution in [2.45, 2.75) is 26.8 Å². The van der Waals surface area contributed by atoms with E-state index in [-0.39, 0.29) is 0 Å². The van der Waals surface area contributed by atoms with Gasteiger partial charge < -0.3 is 15.4 Å². The van der Waals surface area contributed by atoms with Gasteiger partial charge in [-0.05, 0) is 43.5 Å². The number of rotatable bonds is 7. The van der Waals surface area contributed by atoms with Gasteiger partial charge in [0.1, 0.15) is 5.75 Å². The second kappa shape index (κ2) is 9.55. The second-order valence-corrected chi connectivity index (χ2v) is 5.51. The Balaban J connectivity index is 1.85. The maximum Gasteiger partial charge on any atom is 0.191 e. The summed E-state index contributed by atoms with van der Waals surface area (Å²) in [7, 11) is 1.78. The predicted molar refractivity (Wildman–Crippen MR) is 98.5 cm³/mol. The number of nitrogens with one attached hydrogen (secondary N) is 2. The molecule has 1 heterocycles. The number of hydrogen-bond donors (Lipinski definition) is 2. The van der Waals surface area contributed by atoms with Crippen LogP contribution in [0.5, 0.6) is 5.75 Å². The van der Waals surface area contributed by atoms with E-state index in [9.17, 15) is 0 Å². The summed E-state index contributed by atoms with van der Waals surface area (Å²) in [4.78, 5) is 8.39. The number of aryl methyl sites for hydroxylation is 1. The van der Waals surface area contributed by atoms with E-state index in [1.807, 2.05) is 19.2 Å². The zero-order valence-electron chi connectivity index (χ0n) is 14.7. The molecular formula is C19H26N4O. The topological polar surface area (TPSA) is 58.5 Å². The second-order valence-electron chi connectivity index (χ2n) is 5.51. The van der Waals surface area contributed by atoms with E-state index in [1.165, 1.54) is 11.1 Å². The molecule has 0 aliphatic rings. The summed E-state index contributed by atoms with van der Waals surface area (Å²) in [6.45, 7) is 6.20. The van der Waals surface area contributed by atoms with Gasteiger partial charge in [0.05, 0.1) is 6.61 Å². The molecule has 2 rings (SSSR count). The first-order chi connectivity index (χ1) is 11.7. The molecule has 5 heteroatoms. The zero-order valence-corrected chi connectivity index (χ0v) is 14.7. The van der Waals surface area contributed by atoms with Crippen LogP contribution in [-0.2, 0) is 13.0 Å². The monoisotopic (exact) mass is 326 g/mol. The standard InChI is InChI=1S/C19H26N4O/c1-4-24-18-12-15(2)7-8-17(18)14-23-19(20-3)22-11-9-16-6-5-10-21-13-16/h5-8,10,12-13H,4,9,11,14H2,1-3H3,(H2,20,22,23). The van der Waals surface area contributed by atoms with Gasteiger partial charge in [0.25, 0.3) is 0 Å². The lowest BCUT2D eigenvalue weighted by Gasteiger charge is -2.15. The normalized spacial score (nSPS) is 11.2. The Bertz CT molecular complexity index is 656. The third kappa shape index (κ3) is 5.57. The molecule has 1 aromatic heterocycles. The van der Waals surface area contributed by atoms with Crippen LogP contribution >= 0.6 is 0 Å². The van der Waals surface area contributed by atoms with Gasteiger partial charge in [-0.2, -0.15) is 0 Å². The van der Waals surface area contributed by atoms with Crippen LogP contribution in [-0.4, -0.2) is 31.1 Å². The van der Waals surface area contributed by atoms with Crippen LogP contribution in [0.25, 0.3) is 0 Å². The minimum absolute atomic E-state index is 0.661. The highest BCUT2D eigenvalue weighted by Gasteiger charge is 2.05. The summed E-state index contributed by atoms with van der Waals surface area (Å²) in [5, 5.41) is 6.65. The highest BCUT2D eigenvalue weighted by atomic mass is 16.5. The van der Waals surface area contributed by atoms with Gasteiger partial charge in [-0.1, -0.05) is 18.2 Å². The molecule has 0 unspecified atom stereocenters. The molecule has 0 amide bonds. The molecule has 2 N–H and O–H groups in total. The van der Waals surface area contributed by atoms with Crippen molar-refractivity contribution in [2.75, 3.05) is 20.2 Å². The predicted octanol–water partition coefficient (Wildman–Crippen LogP) is 2.70. The Labute approximate surface area is 144 Å². The Morgan fingerprint density at radius 3 is 2.83 bits per heavy atom. The van der Waals surface area contributed by atoms with Crippen LogP contribution in [0.15, 0.2) is 47.7 Å². The summed E-state index contributed by atoms with van der Waals surface area (Å²) in [5.74, 6) is 1.71. The fraction of sp³-hybridized carbons (Fsp3) is 0.368. The van der Waals surface area contributed by atoms with E-state index in [0.717, 1.165) is 30.2 Å². The molecule has 0 saturated heterocycles. The summed E-state index contributed by atoms with van der Waals surface area (Å²) in [5.41, 5.74) is 3.52. The van der Waals surface area contributed by atoms with Gasteiger partial charge in [0, 0.05) is 38.1 Å². The van der Waals surface area contributed by atoms with Crippen molar-refractivity contribution in [3.63, 3.8) is 0 Å². The summed E-state index contributed by atoms with van der Waals surface area (Å²) in [6, 6.07) is 10.3. The SMILES string of the molecule is CCOc1cc(C)ccc1CNC(=NC)NCCc1cccnc1. The Morgan fingerprint density at radius 1 is 1.25 bits per heavy atom. The average molecular weight is 326 g/mol. The lowest BCUT2D eigenvalue weighted by Crippen LogP contribution is -2.37. The highest BCUT2D eigenvalue weighted by Crippen LogP contribution is 2.20. The first-order valence-electron chi connectivity index (χ1n) is 8.28. The number of hydrogen-bond acceptors (Lipinski definition) is 3.